The van der Waals surface area contributed by atoms with E-state index in [-0.39, 0.29) is 5.78 Å². The minimum absolute atomic E-state index is 0.234. The highest BCUT2D eigenvalue weighted by atomic mass is 16.1. The predicted molar refractivity (Wildman–Crippen MR) is 71.7 cm³/mol. The number of nitrogens with zero attached hydrogens (tertiary/aromatic N) is 1. The van der Waals surface area contributed by atoms with Crippen LogP contribution in [-0.4, -0.2) is 10.8 Å². The van der Waals surface area contributed by atoms with Gasteiger partial charge in [0.15, 0.2) is 5.78 Å². The number of Topliss-reactive ketones (excluding diaryl/α,β-unsaturated/α-hetero) is 1. The molecule has 1 aliphatic rings. The lowest BCUT2D eigenvalue weighted by Crippen LogP contribution is -2.12. The standard InChI is InChI=1S/C16H15NO/c1-11-5-7-12(8-6-11)13-9-14-15(17-10-13)3-2-4-16(14)18/h5-10H,2-4H2,1H3. The van der Waals surface area contributed by atoms with Crippen molar-refractivity contribution in [3.8, 4) is 11.1 Å². The molecule has 0 atom stereocenters. The number of hydrogen-bond acceptors (Lipinski definition) is 2. The lowest BCUT2D eigenvalue weighted by Gasteiger charge is -2.14. The highest BCUT2D eigenvalue weighted by Crippen LogP contribution is 2.25. The fourth-order valence-electron chi connectivity index (χ4n) is 2.39. The molecule has 1 aromatic carbocycles. The third-order valence-corrected chi connectivity index (χ3v) is 3.47. The number of fused-ring (bicyclic) bond motifs is 1. The van der Waals surface area contributed by atoms with Crippen molar-refractivity contribution in [1.29, 1.82) is 0 Å². The molecule has 0 fully saturated rings. The number of ketones is 1. The van der Waals surface area contributed by atoms with Gasteiger partial charge in [0.05, 0.1) is 5.69 Å². The first-order valence-electron chi connectivity index (χ1n) is 6.33. The monoisotopic (exact) mass is 237 g/mol. The Morgan fingerprint density at radius 2 is 1.83 bits per heavy atom. The summed E-state index contributed by atoms with van der Waals surface area (Å²) in [7, 11) is 0. The van der Waals surface area contributed by atoms with Gasteiger partial charge in [-0.05, 0) is 31.4 Å². The average Bonchev–Trinajstić information content (AvgIpc) is 2.40. The molecule has 0 saturated carbocycles. The van der Waals surface area contributed by atoms with Crippen molar-refractivity contribution in [3.05, 3.63) is 53.3 Å². The van der Waals surface area contributed by atoms with Crippen molar-refractivity contribution in [1.82, 2.24) is 4.98 Å². The molecule has 3 rings (SSSR count). The topological polar surface area (TPSA) is 30.0 Å². The van der Waals surface area contributed by atoms with Crippen LogP contribution >= 0.6 is 0 Å². The van der Waals surface area contributed by atoms with Gasteiger partial charge < -0.3 is 0 Å². The molecule has 1 aromatic heterocycles. The van der Waals surface area contributed by atoms with Gasteiger partial charge in [0.25, 0.3) is 0 Å². The van der Waals surface area contributed by atoms with Crippen LogP contribution in [0.2, 0.25) is 0 Å². The molecule has 0 radical (unpaired) electrons. The number of aryl methyl sites for hydroxylation is 2. The van der Waals surface area contributed by atoms with E-state index < -0.39 is 0 Å². The third kappa shape index (κ3) is 1.94. The molecule has 2 nitrogen and oxygen atoms in total. The second kappa shape index (κ2) is 4.37. The van der Waals surface area contributed by atoms with Gasteiger partial charge in [0.2, 0.25) is 0 Å². The van der Waals surface area contributed by atoms with Crippen molar-refractivity contribution in [2.75, 3.05) is 0 Å². The minimum atomic E-state index is 0.234. The number of pyridine rings is 1. The quantitative estimate of drug-likeness (QED) is 0.758. The summed E-state index contributed by atoms with van der Waals surface area (Å²) in [5.74, 6) is 0.234. The van der Waals surface area contributed by atoms with Gasteiger partial charge in [-0.25, -0.2) is 0 Å². The molecule has 0 unspecified atom stereocenters. The Morgan fingerprint density at radius 1 is 1.06 bits per heavy atom. The maximum atomic E-state index is 11.9. The van der Waals surface area contributed by atoms with E-state index in [2.05, 4.69) is 36.2 Å². The Hall–Kier alpha value is -1.96. The summed E-state index contributed by atoms with van der Waals surface area (Å²) in [5.41, 5.74) is 5.17. The van der Waals surface area contributed by atoms with Crippen LogP contribution in [0.4, 0.5) is 0 Å². The second-order valence-corrected chi connectivity index (χ2v) is 4.86. The van der Waals surface area contributed by atoms with Gasteiger partial charge in [-0.1, -0.05) is 29.8 Å². The summed E-state index contributed by atoms with van der Waals surface area (Å²) < 4.78 is 0. The van der Waals surface area contributed by atoms with Crippen molar-refractivity contribution >= 4 is 5.78 Å². The van der Waals surface area contributed by atoms with E-state index in [4.69, 9.17) is 0 Å². The molecule has 0 amide bonds. The van der Waals surface area contributed by atoms with E-state index in [9.17, 15) is 4.79 Å². The Bertz CT molecular complexity index is 599. The van der Waals surface area contributed by atoms with Gasteiger partial charge in [0.1, 0.15) is 0 Å². The van der Waals surface area contributed by atoms with Gasteiger partial charge in [-0.3, -0.25) is 9.78 Å². The van der Waals surface area contributed by atoms with Crippen molar-refractivity contribution < 1.29 is 4.79 Å². The van der Waals surface area contributed by atoms with E-state index in [0.29, 0.717) is 6.42 Å². The van der Waals surface area contributed by atoms with Crippen molar-refractivity contribution in [3.63, 3.8) is 0 Å². The van der Waals surface area contributed by atoms with Crippen molar-refractivity contribution in [2.24, 2.45) is 0 Å². The molecule has 0 bridgehead atoms. The van der Waals surface area contributed by atoms with E-state index in [0.717, 1.165) is 35.2 Å². The lowest BCUT2D eigenvalue weighted by atomic mass is 9.92. The number of aromatic nitrogens is 1. The number of rotatable bonds is 1. The maximum absolute atomic E-state index is 11.9. The van der Waals surface area contributed by atoms with E-state index in [1.54, 1.807) is 0 Å². The van der Waals surface area contributed by atoms with E-state index in [1.807, 2.05) is 12.3 Å². The summed E-state index contributed by atoms with van der Waals surface area (Å²) in [5, 5.41) is 0. The van der Waals surface area contributed by atoms with Crippen LogP contribution in [-0.2, 0) is 6.42 Å². The lowest BCUT2D eigenvalue weighted by molar-refractivity contribution is 0.0971. The highest BCUT2D eigenvalue weighted by Gasteiger charge is 2.18. The molecule has 18 heavy (non-hydrogen) atoms. The van der Waals surface area contributed by atoms with Crippen LogP contribution in [0.25, 0.3) is 11.1 Å². The molecule has 1 heterocycles. The van der Waals surface area contributed by atoms with Crippen LogP contribution in [0, 0.1) is 6.92 Å². The number of carbonyl (C=O) groups is 1. The SMILES string of the molecule is Cc1ccc(-c2cnc3c(c2)C(=O)CCC3)cc1. The van der Waals surface area contributed by atoms with Gasteiger partial charge in [0, 0.05) is 23.7 Å². The fourth-order valence-corrected chi connectivity index (χ4v) is 2.39. The number of benzene rings is 1. The van der Waals surface area contributed by atoms with Crippen LogP contribution in [0.1, 0.15) is 34.5 Å². The highest BCUT2D eigenvalue weighted by molar-refractivity contribution is 5.99. The first-order chi connectivity index (χ1) is 8.74. The molecular formula is C16H15NO. The third-order valence-electron chi connectivity index (χ3n) is 3.47. The molecule has 0 saturated heterocycles. The molecule has 0 aliphatic heterocycles. The van der Waals surface area contributed by atoms with Gasteiger partial charge in [-0.15, -0.1) is 0 Å². The first kappa shape index (κ1) is 11.1. The molecule has 2 aromatic rings. The zero-order valence-corrected chi connectivity index (χ0v) is 10.4. The minimum Gasteiger partial charge on any atom is -0.294 e. The van der Waals surface area contributed by atoms with Crippen LogP contribution in [0.5, 0.6) is 0 Å². The Kier molecular flexibility index (Phi) is 2.71. The van der Waals surface area contributed by atoms with Crippen LogP contribution in [0.15, 0.2) is 36.5 Å². The largest absolute Gasteiger partial charge is 0.294 e. The Balaban J connectivity index is 2.06. The fraction of sp³-hybridized carbons (Fsp3) is 0.250. The summed E-state index contributed by atoms with van der Waals surface area (Å²) in [4.78, 5) is 16.3. The van der Waals surface area contributed by atoms with E-state index >= 15 is 0 Å². The smallest absolute Gasteiger partial charge is 0.164 e. The zero-order chi connectivity index (χ0) is 12.5. The molecule has 90 valence electrons. The molecular weight excluding hydrogens is 222 g/mol. The van der Waals surface area contributed by atoms with Crippen LogP contribution in [0.3, 0.4) is 0 Å². The summed E-state index contributed by atoms with van der Waals surface area (Å²) >= 11 is 0. The van der Waals surface area contributed by atoms with Gasteiger partial charge >= 0.3 is 0 Å². The maximum Gasteiger partial charge on any atom is 0.164 e. The molecule has 2 heteroatoms. The number of carbonyl (C=O) groups excluding carboxylic acids is 1. The molecule has 0 spiro atoms. The Labute approximate surface area is 107 Å². The zero-order valence-electron chi connectivity index (χ0n) is 10.4. The molecule has 1 aliphatic carbocycles. The average molecular weight is 237 g/mol. The summed E-state index contributed by atoms with van der Waals surface area (Å²) in [6, 6.07) is 10.3. The van der Waals surface area contributed by atoms with E-state index in [1.165, 1.54) is 5.56 Å². The number of hydrogen-bond donors (Lipinski definition) is 0. The van der Waals surface area contributed by atoms with Crippen LogP contribution < -0.4 is 0 Å². The predicted octanol–water partition coefficient (Wildman–Crippen LogP) is 3.58. The summed E-state index contributed by atoms with van der Waals surface area (Å²) in [6.45, 7) is 2.07. The normalized spacial score (nSPS) is 14.4. The molecule has 0 N–H and O–H groups in total. The van der Waals surface area contributed by atoms with Gasteiger partial charge in [-0.2, -0.15) is 0 Å². The Morgan fingerprint density at radius 3 is 2.61 bits per heavy atom. The summed E-state index contributed by atoms with van der Waals surface area (Å²) in [6.07, 6.45) is 4.39. The first-order valence-corrected chi connectivity index (χ1v) is 6.33. The second-order valence-electron chi connectivity index (χ2n) is 4.86. The van der Waals surface area contributed by atoms with Crippen molar-refractivity contribution in [2.45, 2.75) is 26.2 Å².